The van der Waals surface area contributed by atoms with Crippen molar-refractivity contribution in [1.82, 2.24) is 9.97 Å². The third kappa shape index (κ3) is 3.48. The summed E-state index contributed by atoms with van der Waals surface area (Å²) in [7, 11) is 0. The number of benzene rings is 2. The SMILES string of the molecule is Fc1cccc(-c2nc(/C=C/c3ccsc3)[nH]c2-c2cccc(F)c2)c1. The van der Waals surface area contributed by atoms with Crippen molar-refractivity contribution in [2.75, 3.05) is 0 Å². The molecule has 0 aliphatic rings. The Bertz CT molecular complexity index is 1000. The summed E-state index contributed by atoms with van der Waals surface area (Å²) in [6.45, 7) is 0. The van der Waals surface area contributed by atoms with Crippen LogP contribution >= 0.6 is 11.3 Å². The molecular formula is C21H14F2N2S. The molecule has 0 atom stereocenters. The van der Waals surface area contributed by atoms with Gasteiger partial charge < -0.3 is 4.98 Å². The molecule has 0 radical (unpaired) electrons. The highest BCUT2D eigenvalue weighted by molar-refractivity contribution is 7.08. The number of hydrogen-bond acceptors (Lipinski definition) is 2. The molecule has 0 spiro atoms. The van der Waals surface area contributed by atoms with E-state index in [9.17, 15) is 8.78 Å². The first kappa shape index (κ1) is 16.4. The maximum atomic E-state index is 13.7. The fourth-order valence-corrected chi connectivity index (χ4v) is 3.34. The van der Waals surface area contributed by atoms with Crippen molar-refractivity contribution >= 4 is 23.5 Å². The number of H-pyrrole nitrogens is 1. The number of rotatable bonds is 4. The minimum absolute atomic E-state index is 0.336. The van der Waals surface area contributed by atoms with Gasteiger partial charge >= 0.3 is 0 Å². The Labute approximate surface area is 153 Å². The van der Waals surface area contributed by atoms with E-state index in [0.717, 1.165) is 5.56 Å². The molecule has 2 aromatic heterocycles. The monoisotopic (exact) mass is 364 g/mol. The molecule has 0 saturated heterocycles. The van der Waals surface area contributed by atoms with Crippen LogP contribution in [0.25, 0.3) is 34.7 Å². The van der Waals surface area contributed by atoms with Gasteiger partial charge in [0, 0.05) is 11.1 Å². The lowest BCUT2D eigenvalue weighted by atomic mass is 10.0. The molecular weight excluding hydrogens is 350 g/mol. The van der Waals surface area contributed by atoms with Gasteiger partial charge in [0.25, 0.3) is 0 Å². The van der Waals surface area contributed by atoms with E-state index in [4.69, 9.17) is 0 Å². The summed E-state index contributed by atoms with van der Waals surface area (Å²) in [6, 6.07) is 14.5. The Morgan fingerprint density at radius 2 is 1.62 bits per heavy atom. The van der Waals surface area contributed by atoms with Crippen LogP contribution in [0.1, 0.15) is 11.4 Å². The molecule has 0 aliphatic heterocycles. The summed E-state index contributed by atoms with van der Waals surface area (Å²) < 4.78 is 27.4. The first-order valence-corrected chi connectivity index (χ1v) is 8.95. The zero-order chi connectivity index (χ0) is 17.9. The molecule has 5 heteroatoms. The molecule has 2 nitrogen and oxygen atoms in total. The number of hydrogen-bond donors (Lipinski definition) is 1. The average Bonchev–Trinajstić information content (AvgIpc) is 3.30. The topological polar surface area (TPSA) is 28.7 Å². The third-order valence-corrected chi connectivity index (χ3v) is 4.61. The van der Waals surface area contributed by atoms with Crippen LogP contribution in [0.5, 0.6) is 0 Å². The van der Waals surface area contributed by atoms with Crippen molar-refractivity contribution in [3.63, 3.8) is 0 Å². The van der Waals surface area contributed by atoms with E-state index in [1.54, 1.807) is 35.6 Å². The molecule has 4 aromatic rings. The maximum absolute atomic E-state index is 13.7. The number of nitrogens with one attached hydrogen (secondary N) is 1. The van der Waals surface area contributed by atoms with Crippen LogP contribution < -0.4 is 0 Å². The summed E-state index contributed by atoms with van der Waals surface area (Å²) in [6.07, 6.45) is 3.80. The van der Waals surface area contributed by atoms with E-state index in [1.807, 2.05) is 29.0 Å². The normalized spacial score (nSPS) is 11.3. The Morgan fingerprint density at radius 1 is 0.885 bits per heavy atom. The molecule has 4 rings (SSSR count). The van der Waals surface area contributed by atoms with Gasteiger partial charge in [-0.3, -0.25) is 0 Å². The first-order valence-electron chi connectivity index (χ1n) is 8.01. The largest absolute Gasteiger partial charge is 0.338 e. The van der Waals surface area contributed by atoms with Crippen LogP contribution in [-0.4, -0.2) is 9.97 Å². The van der Waals surface area contributed by atoms with Crippen molar-refractivity contribution in [2.24, 2.45) is 0 Å². The summed E-state index contributed by atoms with van der Waals surface area (Å²) in [5, 5.41) is 4.03. The van der Waals surface area contributed by atoms with Gasteiger partial charge in [-0.05, 0) is 52.7 Å². The summed E-state index contributed by atoms with van der Waals surface area (Å²) >= 11 is 1.61. The van der Waals surface area contributed by atoms with Gasteiger partial charge in [0.1, 0.15) is 17.5 Å². The first-order chi connectivity index (χ1) is 12.7. The molecule has 0 unspecified atom stereocenters. The summed E-state index contributed by atoms with van der Waals surface area (Å²) in [5.74, 6) is -0.0570. The van der Waals surface area contributed by atoms with Gasteiger partial charge in [-0.1, -0.05) is 30.3 Å². The maximum Gasteiger partial charge on any atom is 0.131 e. The van der Waals surface area contributed by atoms with E-state index in [2.05, 4.69) is 9.97 Å². The van der Waals surface area contributed by atoms with Gasteiger partial charge in [0.05, 0.1) is 11.4 Å². The highest BCUT2D eigenvalue weighted by Gasteiger charge is 2.14. The molecule has 26 heavy (non-hydrogen) atoms. The Hall–Kier alpha value is -3.05. The second-order valence-corrected chi connectivity index (χ2v) is 6.54. The van der Waals surface area contributed by atoms with E-state index in [-0.39, 0.29) is 11.6 Å². The van der Waals surface area contributed by atoms with E-state index >= 15 is 0 Å². The number of aromatic amines is 1. The van der Waals surface area contributed by atoms with E-state index in [0.29, 0.717) is 28.3 Å². The van der Waals surface area contributed by atoms with Crippen LogP contribution in [0.2, 0.25) is 0 Å². The second kappa shape index (κ2) is 7.06. The molecule has 2 heterocycles. The molecule has 0 saturated carbocycles. The van der Waals surface area contributed by atoms with Crippen molar-refractivity contribution in [3.05, 3.63) is 88.4 Å². The number of nitrogens with zero attached hydrogens (tertiary/aromatic N) is 1. The molecule has 0 bridgehead atoms. The Balaban J connectivity index is 1.82. The molecule has 2 aromatic carbocycles. The molecule has 128 valence electrons. The number of imidazole rings is 1. The molecule has 0 fully saturated rings. The fraction of sp³-hybridized carbons (Fsp3) is 0. The fourth-order valence-electron chi connectivity index (χ4n) is 2.71. The van der Waals surface area contributed by atoms with Crippen LogP contribution in [0.3, 0.4) is 0 Å². The Morgan fingerprint density at radius 3 is 2.31 bits per heavy atom. The predicted octanol–water partition coefficient (Wildman–Crippen LogP) is 6.25. The zero-order valence-electron chi connectivity index (χ0n) is 13.6. The van der Waals surface area contributed by atoms with E-state index < -0.39 is 0 Å². The molecule has 0 amide bonds. The Kier molecular flexibility index (Phi) is 4.46. The summed E-state index contributed by atoms with van der Waals surface area (Å²) in [4.78, 5) is 7.82. The van der Waals surface area contributed by atoms with Gasteiger partial charge in [0.2, 0.25) is 0 Å². The lowest BCUT2D eigenvalue weighted by Crippen LogP contribution is -1.86. The third-order valence-electron chi connectivity index (χ3n) is 3.91. The van der Waals surface area contributed by atoms with Gasteiger partial charge in [-0.25, -0.2) is 13.8 Å². The van der Waals surface area contributed by atoms with Crippen molar-refractivity contribution in [3.8, 4) is 22.5 Å². The standard InChI is InChI=1S/C21H14F2N2S/c22-17-5-1-3-15(11-17)20-21(16-4-2-6-18(23)12-16)25-19(24-20)8-7-14-9-10-26-13-14/h1-13H,(H,24,25)/b8-7+. The number of aromatic nitrogens is 2. The van der Waals surface area contributed by atoms with Crippen LogP contribution in [0, 0.1) is 11.6 Å². The number of halogens is 2. The van der Waals surface area contributed by atoms with Crippen LogP contribution in [0.4, 0.5) is 8.78 Å². The van der Waals surface area contributed by atoms with Gasteiger partial charge in [0.15, 0.2) is 0 Å². The van der Waals surface area contributed by atoms with Gasteiger partial charge in [-0.2, -0.15) is 11.3 Å². The highest BCUT2D eigenvalue weighted by atomic mass is 32.1. The van der Waals surface area contributed by atoms with Crippen molar-refractivity contribution < 1.29 is 8.78 Å². The van der Waals surface area contributed by atoms with Crippen LogP contribution in [-0.2, 0) is 0 Å². The van der Waals surface area contributed by atoms with Gasteiger partial charge in [-0.15, -0.1) is 0 Å². The second-order valence-electron chi connectivity index (χ2n) is 5.76. The van der Waals surface area contributed by atoms with E-state index in [1.165, 1.54) is 24.3 Å². The molecule has 1 N–H and O–H groups in total. The average molecular weight is 364 g/mol. The highest BCUT2D eigenvalue weighted by Crippen LogP contribution is 2.31. The number of thiophene rings is 1. The minimum atomic E-state index is -0.342. The quantitative estimate of drug-likeness (QED) is 0.455. The summed E-state index contributed by atoms with van der Waals surface area (Å²) in [5.41, 5.74) is 3.61. The van der Waals surface area contributed by atoms with Crippen molar-refractivity contribution in [2.45, 2.75) is 0 Å². The minimum Gasteiger partial charge on any atom is -0.338 e. The zero-order valence-corrected chi connectivity index (χ0v) is 14.4. The predicted molar refractivity (Wildman–Crippen MR) is 103 cm³/mol. The lowest BCUT2D eigenvalue weighted by Gasteiger charge is -2.03. The molecule has 0 aliphatic carbocycles. The smallest absolute Gasteiger partial charge is 0.131 e. The lowest BCUT2D eigenvalue weighted by molar-refractivity contribution is 0.627. The van der Waals surface area contributed by atoms with Crippen molar-refractivity contribution in [1.29, 1.82) is 0 Å². The van der Waals surface area contributed by atoms with Crippen LogP contribution in [0.15, 0.2) is 65.4 Å².